The Balaban J connectivity index is 2.69. The number of nitrogen functional groups attached to an aromatic ring is 1. The highest BCUT2D eigenvalue weighted by Crippen LogP contribution is 2.19. The van der Waals surface area contributed by atoms with Gasteiger partial charge in [0.25, 0.3) is 0 Å². The molecule has 0 bridgehead atoms. The molecule has 1 aromatic rings. The van der Waals surface area contributed by atoms with Crippen LogP contribution in [0.3, 0.4) is 0 Å². The van der Waals surface area contributed by atoms with Crippen molar-refractivity contribution in [2.24, 2.45) is 0 Å². The molecule has 0 fully saturated rings. The van der Waals surface area contributed by atoms with E-state index in [1.54, 1.807) is 19.2 Å². The summed E-state index contributed by atoms with van der Waals surface area (Å²) < 4.78 is 5.27. The number of nitrogens with zero attached hydrogens (tertiary/aromatic N) is 1. The Morgan fingerprint density at radius 1 is 1.53 bits per heavy atom. The molecule has 5 heteroatoms. The van der Waals surface area contributed by atoms with Crippen molar-refractivity contribution in [1.82, 2.24) is 4.98 Å². The lowest BCUT2D eigenvalue weighted by Crippen LogP contribution is -2.32. The highest BCUT2D eigenvalue weighted by Gasteiger charge is 2.16. The first-order valence-corrected chi connectivity index (χ1v) is 5.03. The fourth-order valence-corrected chi connectivity index (χ4v) is 1.10. The van der Waals surface area contributed by atoms with Crippen molar-refractivity contribution >= 4 is 23.1 Å². The molecular weight excluding hydrogens is 214 g/mol. The lowest BCUT2D eigenvalue weighted by atomic mass is 10.1. The van der Waals surface area contributed by atoms with E-state index in [0.717, 1.165) is 0 Å². The summed E-state index contributed by atoms with van der Waals surface area (Å²) in [7, 11) is 1.66. The minimum Gasteiger partial charge on any atom is -0.396 e. The first kappa shape index (κ1) is 12.1. The number of rotatable bonds is 4. The molecule has 1 heterocycles. The third kappa shape index (κ3) is 3.57. The zero-order valence-corrected chi connectivity index (χ0v) is 9.93. The molecule has 84 valence electrons. The summed E-state index contributed by atoms with van der Waals surface area (Å²) in [6.07, 6.45) is 0. The summed E-state index contributed by atoms with van der Waals surface area (Å²) >= 11 is 5.76. The third-order valence-electron chi connectivity index (χ3n) is 2.13. The van der Waals surface area contributed by atoms with Crippen molar-refractivity contribution in [3.05, 3.63) is 17.3 Å². The van der Waals surface area contributed by atoms with Gasteiger partial charge in [0.05, 0.1) is 11.3 Å². The number of nitrogens with one attached hydrogen (secondary N) is 1. The van der Waals surface area contributed by atoms with Crippen LogP contribution >= 0.6 is 11.6 Å². The van der Waals surface area contributed by atoms with Crippen LogP contribution < -0.4 is 11.1 Å². The highest BCUT2D eigenvalue weighted by molar-refractivity contribution is 6.29. The van der Waals surface area contributed by atoms with Crippen molar-refractivity contribution in [2.75, 3.05) is 24.7 Å². The second-order valence-corrected chi connectivity index (χ2v) is 4.28. The average Bonchev–Trinajstić information content (AvgIpc) is 2.20. The molecule has 0 amide bonds. The largest absolute Gasteiger partial charge is 0.396 e. The summed E-state index contributed by atoms with van der Waals surface area (Å²) in [6.45, 7) is 4.56. The average molecular weight is 230 g/mol. The van der Waals surface area contributed by atoms with Gasteiger partial charge in [0.1, 0.15) is 5.15 Å². The van der Waals surface area contributed by atoms with E-state index < -0.39 is 0 Å². The fraction of sp³-hybridized carbons (Fsp3) is 0.500. The molecule has 0 aliphatic heterocycles. The molecular formula is C10H16ClN3O. The van der Waals surface area contributed by atoms with E-state index in [9.17, 15) is 0 Å². The van der Waals surface area contributed by atoms with E-state index >= 15 is 0 Å². The molecule has 0 saturated carbocycles. The Labute approximate surface area is 94.8 Å². The molecule has 15 heavy (non-hydrogen) atoms. The number of pyridine rings is 1. The Morgan fingerprint density at radius 2 is 2.20 bits per heavy atom. The van der Waals surface area contributed by atoms with Gasteiger partial charge in [-0.1, -0.05) is 11.6 Å². The molecule has 0 aliphatic rings. The third-order valence-corrected chi connectivity index (χ3v) is 2.34. The quantitative estimate of drug-likeness (QED) is 0.777. The van der Waals surface area contributed by atoms with Crippen LogP contribution in [-0.2, 0) is 4.74 Å². The zero-order chi connectivity index (χ0) is 11.5. The van der Waals surface area contributed by atoms with Crippen LogP contribution in [-0.4, -0.2) is 24.2 Å². The number of halogens is 1. The van der Waals surface area contributed by atoms with Crippen molar-refractivity contribution in [2.45, 2.75) is 19.4 Å². The van der Waals surface area contributed by atoms with Gasteiger partial charge in [-0.2, -0.15) is 0 Å². The summed E-state index contributed by atoms with van der Waals surface area (Å²) in [5, 5.41) is 3.52. The van der Waals surface area contributed by atoms with Crippen LogP contribution in [0.25, 0.3) is 0 Å². The normalized spacial score (nSPS) is 11.5. The minimum absolute atomic E-state index is 0.267. The van der Waals surface area contributed by atoms with Gasteiger partial charge in [0.2, 0.25) is 0 Å². The van der Waals surface area contributed by atoms with Crippen molar-refractivity contribution < 1.29 is 4.74 Å². The molecule has 0 saturated heterocycles. The lowest BCUT2D eigenvalue weighted by Gasteiger charge is -2.23. The van der Waals surface area contributed by atoms with Crippen LogP contribution in [0.1, 0.15) is 13.8 Å². The van der Waals surface area contributed by atoms with Gasteiger partial charge in [0, 0.05) is 13.7 Å². The van der Waals surface area contributed by atoms with Crippen molar-refractivity contribution in [3.8, 4) is 0 Å². The fourth-order valence-electron chi connectivity index (χ4n) is 0.956. The van der Waals surface area contributed by atoms with Gasteiger partial charge in [-0.3, -0.25) is 0 Å². The van der Waals surface area contributed by atoms with Crippen molar-refractivity contribution in [3.63, 3.8) is 0 Å². The number of ether oxygens (including phenoxy) is 1. The zero-order valence-electron chi connectivity index (χ0n) is 9.17. The Hall–Kier alpha value is -1.00. The van der Waals surface area contributed by atoms with E-state index in [4.69, 9.17) is 22.1 Å². The first-order chi connectivity index (χ1) is 6.94. The molecule has 0 aliphatic carbocycles. The smallest absolute Gasteiger partial charge is 0.151 e. The second-order valence-electron chi connectivity index (χ2n) is 3.89. The molecule has 0 atom stereocenters. The Bertz CT molecular complexity index is 341. The van der Waals surface area contributed by atoms with Crippen LogP contribution in [0, 0.1) is 0 Å². The number of aromatic nitrogens is 1. The number of hydrogen-bond acceptors (Lipinski definition) is 4. The molecule has 0 aromatic carbocycles. The molecule has 1 aromatic heterocycles. The highest BCUT2D eigenvalue weighted by atomic mass is 35.5. The Morgan fingerprint density at radius 3 is 2.80 bits per heavy atom. The maximum atomic E-state index is 5.76. The molecule has 1 rings (SSSR count). The number of nitrogens with two attached hydrogens (primary N) is 1. The van der Waals surface area contributed by atoms with E-state index in [1.165, 1.54) is 0 Å². The molecule has 0 unspecified atom stereocenters. The standard InChI is InChI=1S/C10H16ClN3O/c1-10(2,15-3)6-13-9-7(12)4-5-8(11)14-9/h4-5H,6,12H2,1-3H3,(H,13,14). The van der Waals surface area contributed by atoms with Gasteiger partial charge in [-0.15, -0.1) is 0 Å². The van der Waals surface area contributed by atoms with Crippen LogP contribution in [0.15, 0.2) is 12.1 Å². The number of hydrogen-bond donors (Lipinski definition) is 2. The Kier molecular flexibility index (Phi) is 3.77. The van der Waals surface area contributed by atoms with Gasteiger partial charge >= 0.3 is 0 Å². The summed E-state index contributed by atoms with van der Waals surface area (Å²) in [4.78, 5) is 4.08. The van der Waals surface area contributed by atoms with Crippen molar-refractivity contribution in [1.29, 1.82) is 0 Å². The maximum absolute atomic E-state index is 5.76. The predicted molar refractivity (Wildman–Crippen MR) is 63.2 cm³/mol. The van der Waals surface area contributed by atoms with Gasteiger partial charge < -0.3 is 15.8 Å². The van der Waals surface area contributed by atoms with Gasteiger partial charge in [-0.05, 0) is 26.0 Å². The van der Waals surface area contributed by atoms with Gasteiger partial charge in [-0.25, -0.2) is 4.98 Å². The minimum atomic E-state index is -0.267. The first-order valence-electron chi connectivity index (χ1n) is 4.66. The maximum Gasteiger partial charge on any atom is 0.151 e. The lowest BCUT2D eigenvalue weighted by molar-refractivity contribution is 0.0343. The molecule has 0 radical (unpaired) electrons. The predicted octanol–water partition coefficient (Wildman–Crippen LogP) is 2.15. The molecule has 3 N–H and O–H groups in total. The van der Waals surface area contributed by atoms with E-state index in [0.29, 0.717) is 23.2 Å². The van der Waals surface area contributed by atoms with E-state index in [-0.39, 0.29) is 5.60 Å². The summed E-state index contributed by atoms with van der Waals surface area (Å²) in [5.41, 5.74) is 6.04. The molecule has 0 spiro atoms. The van der Waals surface area contributed by atoms with Gasteiger partial charge in [0.15, 0.2) is 5.82 Å². The van der Waals surface area contributed by atoms with Crippen LogP contribution in [0.2, 0.25) is 5.15 Å². The summed E-state index contributed by atoms with van der Waals surface area (Å²) in [6, 6.07) is 3.38. The monoisotopic (exact) mass is 229 g/mol. The van der Waals surface area contributed by atoms with E-state index in [1.807, 2.05) is 13.8 Å². The van der Waals surface area contributed by atoms with E-state index in [2.05, 4.69) is 10.3 Å². The van der Waals surface area contributed by atoms with Crippen LogP contribution in [0.4, 0.5) is 11.5 Å². The second kappa shape index (κ2) is 4.68. The number of methoxy groups -OCH3 is 1. The summed E-state index contributed by atoms with van der Waals surface area (Å²) in [5.74, 6) is 0.590. The number of anilines is 2. The molecule has 4 nitrogen and oxygen atoms in total. The SMILES string of the molecule is COC(C)(C)CNc1nc(Cl)ccc1N. The van der Waals surface area contributed by atoms with Crippen LogP contribution in [0.5, 0.6) is 0 Å². The topological polar surface area (TPSA) is 60.2 Å².